The van der Waals surface area contributed by atoms with E-state index in [1.54, 1.807) is 24.3 Å². The van der Waals surface area contributed by atoms with Crippen LogP contribution in [-0.2, 0) is 10.0 Å². The van der Waals surface area contributed by atoms with Crippen molar-refractivity contribution in [1.29, 1.82) is 0 Å². The summed E-state index contributed by atoms with van der Waals surface area (Å²) < 4.78 is 28.1. The Morgan fingerprint density at radius 1 is 0.818 bits per heavy atom. The van der Waals surface area contributed by atoms with Gasteiger partial charge in [-0.2, -0.15) is 4.98 Å². The van der Waals surface area contributed by atoms with E-state index in [0.717, 1.165) is 35.3 Å². The molecule has 1 aliphatic carbocycles. The van der Waals surface area contributed by atoms with E-state index < -0.39 is 10.0 Å². The van der Waals surface area contributed by atoms with Crippen molar-refractivity contribution in [2.75, 3.05) is 15.4 Å². The highest BCUT2D eigenvalue weighted by atomic mass is 32.2. The van der Waals surface area contributed by atoms with E-state index in [0.29, 0.717) is 23.5 Å². The first-order chi connectivity index (χ1) is 15.8. The number of aryl methyl sites for hydroxylation is 3. The van der Waals surface area contributed by atoms with Gasteiger partial charge in [-0.15, -0.1) is 0 Å². The molecular weight excluding hydrogens is 434 g/mol. The maximum absolute atomic E-state index is 12.7. The molecule has 33 heavy (non-hydrogen) atoms. The number of benzene rings is 2. The third kappa shape index (κ3) is 6.01. The van der Waals surface area contributed by atoms with E-state index in [2.05, 4.69) is 25.3 Å². The maximum atomic E-state index is 12.7. The Bertz CT molecular complexity index is 1220. The zero-order chi connectivity index (χ0) is 23.4. The van der Waals surface area contributed by atoms with Crippen LogP contribution in [0.15, 0.2) is 53.4 Å². The molecule has 3 N–H and O–H groups in total. The summed E-state index contributed by atoms with van der Waals surface area (Å²) in [4.78, 5) is 9.39. The van der Waals surface area contributed by atoms with Crippen LogP contribution in [0.3, 0.4) is 0 Å². The summed E-state index contributed by atoms with van der Waals surface area (Å²) >= 11 is 0. The van der Waals surface area contributed by atoms with Gasteiger partial charge in [0.2, 0.25) is 5.95 Å². The summed E-state index contributed by atoms with van der Waals surface area (Å²) in [7, 11) is -3.65. The van der Waals surface area contributed by atoms with Crippen molar-refractivity contribution in [2.24, 2.45) is 0 Å². The topological polar surface area (TPSA) is 96.0 Å². The Balaban J connectivity index is 1.43. The molecule has 0 radical (unpaired) electrons. The van der Waals surface area contributed by atoms with Crippen LogP contribution >= 0.6 is 0 Å². The third-order valence-corrected chi connectivity index (χ3v) is 7.37. The van der Waals surface area contributed by atoms with Crippen molar-refractivity contribution in [1.82, 2.24) is 9.97 Å². The number of aromatic nitrogens is 2. The van der Waals surface area contributed by atoms with E-state index in [4.69, 9.17) is 0 Å². The lowest BCUT2D eigenvalue weighted by Crippen LogP contribution is -2.23. The molecule has 1 aromatic heterocycles. The molecule has 1 aliphatic rings. The molecular formula is C25H31N5O2S. The van der Waals surface area contributed by atoms with Gasteiger partial charge in [0.15, 0.2) is 0 Å². The second-order valence-corrected chi connectivity index (χ2v) is 10.4. The van der Waals surface area contributed by atoms with Crippen LogP contribution in [0.2, 0.25) is 0 Å². The van der Waals surface area contributed by atoms with Crippen molar-refractivity contribution in [3.05, 3.63) is 65.4 Å². The lowest BCUT2D eigenvalue weighted by molar-refractivity contribution is 0.461. The highest BCUT2D eigenvalue weighted by Crippen LogP contribution is 2.24. The van der Waals surface area contributed by atoms with Crippen LogP contribution in [0.1, 0.15) is 48.9 Å². The number of nitrogens with one attached hydrogen (secondary N) is 3. The molecule has 1 saturated carbocycles. The quantitative estimate of drug-likeness (QED) is 0.415. The third-order valence-electron chi connectivity index (χ3n) is 5.99. The number of anilines is 4. The molecule has 0 saturated heterocycles. The summed E-state index contributed by atoms with van der Waals surface area (Å²) in [6.07, 6.45) is 6.10. The minimum atomic E-state index is -3.65. The van der Waals surface area contributed by atoms with Gasteiger partial charge in [0.25, 0.3) is 10.0 Å². The summed E-state index contributed by atoms with van der Waals surface area (Å²) in [6.45, 7) is 5.81. The molecule has 3 aromatic rings. The predicted octanol–water partition coefficient (Wildman–Crippen LogP) is 5.69. The van der Waals surface area contributed by atoms with Crippen molar-refractivity contribution in [2.45, 2.75) is 63.8 Å². The smallest absolute Gasteiger partial charge is 0.261 e. The molecule has 0 unspecified atom stereocenters. The molecule has 0 bridgehead atoms. The van der Waals surface area contributed by atoms with Crippen molar-refractivity contribution < 1.29 is 8.42 Å². The summed E-state index contributed by atoms with van der Waals surface area (Å²) in [5, 5.41) is 6.76. The van der Waals surface area contributed by atoms with E-state index >= 15 is 0 Å². The molecule has 4 rings (SSSR count). The fourth-order valence-electron chi connectivity index (χ4n) is 3.99. The number of hydrogen-bond acceptors (Lipinski definition) is 6. The molecule has 2 aromatic carbocycles. The highest BCUT2D eigenvalue weighted by Gasteiger charge is 2.16. The van der Waals surface area contributed by atoms with Crippen LogP contribution in [0.5, 0.6) is 0 Å². The first-order valence-electron chi connectivity index (χ1n) is 11.4. The highest BCUT2D eigenvalue weighted by molar-refractivity contribution is 7.92. The van der Waals surface area contributed by atoms with E-state index in [-0.39, 0.29) is 4.90 Å². The molecule has 0 aliphatic heterocycles. The molecule has 0 atom stereocenters. The van der Waals surface area contributed by atoms with Crippen LogP contribution < -0.4 is 15.4 Å². The van der Waals surface area contributed by atoms with Crippen LogP contribution in [0, 0.1) is 20.8 Å². The Morgan fingerprint density at radius 3 is 2.21 bits per heavy atom. The standard InChI is InChI=1S/C25H31N5O2S/c1-17-9-14-23(15-18(17)2)33(31,32)30-22-12-10-21(11-13-22)27-24-16-19(3)26-25(29-24)28-20-7-5-4-6-8-20/h9-16,20,30H,4-8H2,1-3H3,(H2,26,27,28,29). The Hall–Kier alpha value is -3.13. The molecule has 8 heteroatoms. The SMILES string of the molecule is Cc1cc(Nc2ccc(NS(=O)(=O)c3ccc(C)c(C)c3)cc2)nc(NC2CCCCC2)n1. The predicted molar refractivity (Wildman–Crippen MR) is 134 cm³/mol. The largest absolute Gasteiger partial charge is 0.351 e. The Morgan fingerprint density at radius 2 is 1.52 bits per heavy atom. The molecule has 7 nitrogen and oxygen atoms in total. The zero-order valence-electron chi connectivity index (χ0n) is 19.4. The summed E-state index contributed by atoms with van der Waals surface area (Å²) in [6, 6.07) is 14.6. The second kappa shape index (κ2) is 9.79. The van der Waals surface area contributed by atoms with Crippen LogP contribution in [-0.4, -0.2) is 24.4 Å². The van der Waals surface area contributed by atoms with Gasteiger partial charge in [-0.25, -0.2) is 13.4 Å². The monoisotopic (exact) mass is 465 g/mol. The van der Waals surface area contributed by atoms with Gasteiger partial charge in [-0.05, 0) is 81.1 Å². The summed E-state index contributed by atoms with van der Waals surface area (Å²) in [5.41, 5.74) is 4.18. The fourth-order valence-corrected chi connectivity index (χ4v) is 5.13. The molecule has 1 fully saturated rings. The van der Waals surface area contributed by atoms with E-state index in [1.807, 2.05) is 45.0 Å². The minimum absolute atomic E-state index is 0.252. The molecule has 0 spiro atoms. The van der Waals surface area contributed by atoms with Crippen LogP contribution in [0.4, 0.5) is 23.1 Å². The van der Waals surface area contributed by atoms with Crippen LogP contribution in [0.25, 0.3) is 0 Å². The lowest BCUT2D eigenvalue weighted by atomic mass is 9.96. The van der Waals surface area contributed by atoms with Crippen molar-refractivity contribution in [3.63, 3.8) is 0 Å². The molecule has 1 heterocycles. The van der Waals surface area contributed by atoms with Gasteiger partial charge in [0.1, 0.15) is 5.82 Å². The second-order valence-electron chi connectivity index (χ2n) is 8.75. The van der Waals surface area contributed by atoms with Gasteiger partial charge >= 0.3 is 0 Å². The van der Waals surface area contributed by atoms with Crippen molar-refractivity contribution in [3.8, 4) is 0 Å². The average molecular weight is 466 g/mol. The lowest BCUT2D eigenvalue weighted by Gasteiger charge is -2.23. The zero-order valence-corrected chi connectivity index (χ0v) is 20.2. The minimum Gasteiger partial charge on any atom is -0.351 e. The molecule has 0 amide bonds. The normalized spacial score (nSPS) is 14.6. The van der Waals surface area contributed by atoms with Gasteiger partial charge < -0.3 is 10.6 Å². The first kappa shape index (κ1) is 23.0. The average Bonchev–Trinajstić information content (AvgIpc) is 2.77. The Kier molecular flexibility index (Phi) is 6.83. The number of nitrogens with zero attached hydrogens (tertiary/aromatic N) is 2. The van der Waals surface area contributed by atoms with E-state index in [9.17, 15) is 8.42 Å². The van der Waals surface area contributed by atoms with Gasteiger partial charge in [-0.1, -0.05) is 25.3 Å². The molecule has 174 valence electrons. The van der Waals surface area contributed by atoms with Gasteiger partial charge in [-0.3, -0.25) is 4.72 Å². The van der Waals surface area contributed by atoms with Gasteiger partial charge in [0, 0.05) is 29.2 Å². The fraction of sp³-hybridized carbons (Fsp3) is 0.360. The first-order valence-corrected chi connectivity index (χ1v) is 12.9. The maximum Gasteiger partial charge on any atom is 0.261 e. The van der Waals surface area contributed by atoms with E-state index in [1.165, 1.54) is 19.3 Å². The van der Waals surface area contributed by atoms with Gasteiger partial charge in [0.05, 0.1) is 4.90 Å². The summed E-state index contributed by atoms with van der Waals surface area (Å²) in [5.74, 6) is 1.34. The Labute approximate surface area is 196 Å². The van der Waals surface area contributed by atoms with Crippen molar-refractivity contribution >= 4 is 33.2 Å². The number of hydrogen-bond donors (Lipinski definition) is 3. The number of rotatable bonds is 7. The number of sulfonamides is 1.